The molecule has 0 aliphatic carbocycles. The van der Waals surface area contributed by atoms with Crippen LogP contribution >= 0.6 is 0 Å². The first-order valence-corrected chi connectivity index (χ1v) is 10.2. The van der Waals surface area contributed by atoms with Gasteiger partial charge in [0.2, 0.25) is 0 Å². The summed E-state index contributed by atoms with van der Waals surface area (Å²) in [6.45, 7) is 6.81. The number of rotatable bonds is 7. The van der Waals surface area contributed by atoms with Gasteiger partial charge < -0.3 is 18.6 Å². The highest BCUT2D eigenvalue weighted by atomic mass is 32.2. The smallest absolute Gasteiger partial charge is 0.405 e. The number of hydrogen-bond donors (Lipinski definition) is 0. The average Bonchev–Trinajstić information content (AvgIpc) is 3.07. The van der Waals surface area contributed by atoms with Crippen molar-refractivity contribution >= 4 is 22.1 Å². The molecular formula is C19H23NO7S. The van der Waals surface area contributed by atoms with E-state index in [2.05, 4.69) is 4.40 Å². The molecule has 1 heterocycles. The number of carbonyl (C=O) groups excluding carboxylic acids is 1. The van der Waals surface area contributed by atoms with E-state index in [1.807, 2.05) is 0 Å². The first-order valence-electron chi connectivity index (χ1n) is 8.80. The minimum Gasteiger partial charge on any atom is -0.467 e. The molecule has 0 radical (unpaired) electrons. The van der Waals surface area contributed by atoms with E-state index in [1.54, 1.807) is 58.0 Å². The van der Waals surface area contributed by atoms with Gasteiger partial charge in [-0.1, -0.05) is 29.5 Å². The lowest BCUT2D eigenvalue weighted by molar-refractivity contribution is 0.0373. The number of ether oxygens (including phenoxy) is 3. The second-order valence-corrected chi connectivity index (χ2v) is 7.43. The maximum Gasteiger partial charge on any atom is 0.405 e. The van der Waals surface area contributed by atoms with Gasteiger partial charge in [0.05, 0.1) is 12.7 Å². The highest BCUT2D eigenvalue weighted by molar-refractivity contribution is 7.90. The maximum absolute atomic E-state index is 12.9. The molecule has 9 heteroatoms. The van der Waals surface area contributed by atoms with Crippen molar-refractivity contribution in [2.75, 3.05) is 6.61 Å². The van der Waals surface area contributed by atoms with E-state index in [0.29, 0.717) is 5.75 Å². The largest absolute Gasteiger partial charge is 0.467 e. The van der Waals surface area contributed by atoms with Gasteiger partial charge in [0.25, 0.3) is 10.0 Å². The van der Waals surface area contributed by atoms with E-state index < -0.39 is 28.2 Å². The predicted octanol–water partition coefficient (Wildman–Crippen LogP) is 3.57. The highest BCUT2D eigenvalue weighted by Crippen LogP contribution is 2.27. The Hall–Kier alpha value is -2.81. The van der Waals surface area contributed by atoms with Crippen LogP contribution in [0, 0.1) is 0 Å². The van der Waals surface area contributed by atoms with Gasteiger partial charge in [-0.05, 0) is 32.9 Å². The quantitative estimate of drug-likeness (QED) is 0.391. The van der Waals surface area contributed by atoms with Crippen molar-refractivity contribution in [3.05, 3.63) is 47.9 Å². The Morgan fingerprint density at radius 3 is 2.43 bits per heavy atom. The molecule has 0 aliphatic rings. The highest BCUT2D eigenvalue weighted by Gasteiger charge is 2.31. The molecule has 2 aromatic rings. The number of furan rings is 1. The number of nitrogens with zero attached hydrogens (tertiary/aromatic N) is 1. The molecule has 1 aromatic heterocycles. The Morgan fingerprint density at radius 1 is 1.18 bits per heavy atom. The molecule has 0 atom stereocenters. The average molecular weight is 409 g/mol. The van der Waals surface area contributed by atoms with Gasteiger partial charge in [-0.3, -0.25) is 0 Å². The van der Waals surface area contributed by atoms with Gasteiger partial charge in [0, 0.05) is 6.42 Å². The number of benzene rings is 1. The molecule has 8 nitrogen and oxygen atoms in total. The summed E-state index contributed by atoms with van der Waals surface area (Å²) in [7, 11) is -4.37. The van der Waals surface area contributed by atoms with Crippen LogP contribution in [0.25, 0.3) is 0 Å². The second-order valence-electron chi connectivity index (χ2n) is 5.89. The number of esters is 1. The molecule has 0 N–H and O–H groups in total. The normalized spacial score (nSPS) is 12.1. The van der Waals surface area contributed by atoms with Crippen molar-refractivity contribution in [3.8, 4) is 5.75 Å². The van der Waals surface area contributed by atoms with Crippen LogP contribution in [-0.4, -0.2) is 33.2 Å². The third-order valence-corrected chi connectivity index (χ3v) is 4.72. The van der Waals surface area contributed by atoms with E-state index in [-0.39, 0.29) is 29.2 Å². The second kappa shape index (κ2) is 9.41. The van der Waals surface area contributed by atoms with Crippen molar-refractivity contribution in [2.45, 2.75) is 45.1 Å². The molecule has 0 saturated heterocycles. The van der Waals surface area contributed by atoms with Gasteiger partial charge in [-0.2, -0.15) is 8.42 Å². The molecule has 0 aliphatic heterocycles. The summed E-state index contributed by atoms with van der Waals surface area (Å²) in [5.74, 6) is -0.364. The van der Waals surface area contributed by atoms with Crippen LogP contribution < -0.4 is 4.74 Å². The van der Waals surface area contributed by atoms with E-state index in [0.717, 1.165) is 6.26 Å². The standard InChI is InChI=1S/C19H23NO7S/c1-5-16-17(15(12-25-16)18(21)26-13(3)4)28(22,23)20-19(24-6-2)27-14-10-8-7-9-11-14/h7-13H,5-6H2,1-4H3. The summed E-state index contributed by atoms with van der Waals surface area (Å²) >= 11 is 0. The minimum atomic E-state index is -4.37. The van der Waals surface area contributed by atoms with Crippen molar-refractivity contribution in [1.29, 1.82) is 0 Å². The van der Waals surface area contributed by atoms with Gasteiger partial charge in [-0.25, -0.2) is 4.79 Å². The lowest BCUT2D eigenvalue weighted by Gasteiger charge is -2.10. The first-order chi connectivity index (χ1) is 13.3. The number of aryl methyl sites for hydroxylation is 1. The topological polar surface area (TPSA) is 104 Å². The molecule has 0 bridgehead atoms. The molecule has 0 spiro atoms. The number of carbonyl (C=O) groups is 1. The molecule has 0 amide bonds. The molecule has 0 saturated carbocycles. The zero-order chi connectivity index (χ0) is 20.7. The van der Waals surface area contributed by atoms with Crippen molar-refractivity contribution in [2.24, 2.45) is 4.40 Å². The molecule has 152 valence electrons. The Morgan fingerprint density at radius 2 is 1.86 bits per heavy atom. The number of sulfonamides is 1. The maximum atomic E-state index is 12.9. The van der Waals surface area contributed by atoms with Crippen LogP contribution in [0.15, 0.2) is 50.3 Å². The Kier molecular flexibility index (Phi) is 7.22. The van der Waals surface area contributed by atoms with E-state index in [1.165, 1.54) is 0 Å². The Labute approximate surface area is 164 Å². The van der Waals surface area contributed by atoms with Gasteiger partial charge in [-0.15, -0.1) is 0 Å². The fourth-order valence-corrected chi connectivity index (χ4v) is 3.53. The van der Waals surface area contributed by atoms with Crippen LogP contribution in [0.4, 0.5) is 0 Å². The zero-order valence-electron chi connectivity index (χ0n) is 16.2. The fraction of sp³-hybridized carbons (Fsp3) is 0.368. The van der Waals surface area contributed by atoms with Gasteiger partial charge in [0.1, 0.15) is 28.2 Å². The third-order valence-electron chi connectivity index (χ3n) is 3.37. The molecular weight excluding hydrogens is 386 g/mol. The summed E-state index contributed by atoms with van der Waals surface area (Å²) in [5, 5.41) is 0. The monoisotopic (exact) mass is 409 g/mol. The molecule has 1 aromatic carbocycles. The summed E-state index contributed by atoms with van der Waals surface area (Å²) in [5.41, 5.74) is -0.218. The summed E-state index contributed by atoms with van der Waals surface area (Å²) in [6.07, 6.45) is 0.416. The van der Waals surface area contributed by atoms with E-state index in [9.17, 15) is 13.2 Å². The summed E-state index contributed by atoms with van der Waals surface area (Å²) in [4.78, 5) is 11.9. The minimum absolute atomic E-state index is 0.0926. The van der Waals surface area contributed by atoms with Crippen LogP contribution in [0.2, 0.25) is 0 Å². The molecule has 0 unspecified atom stereocenters. The van der Waals surface area contributed by atoms with Crippen LogP contribution in [-0.2, 0) is 25.9 Å². The van der Waals surface area contributed by atoms with Gasteiger partial charge in [0.15, 0.2) is 0 Å². The number of para-hydroxylation sites is 1. The lowest BCUT2D eigenvalue weighted by atomic mass is 10.3. The van der Waals surface area contributed by atoms with Crippen molar-refractivity contribution in [1.82, 2.24) is 0 Å². The van der Waals surface area contributed by atoms with Crippen molar-refractivity contribution in [3.63, 3.8) is 0 Å². The van der Waals surface area contributed by atoms with Crippen LogP contribution in [0.3, 0.4) is 0 Å². The third kappa shape index (κ3) is 5.35. The first kappa shape index (κ1) is 21.5. The lowest BCUT2D eigenvalue weighted by Crippen LogP contribution is -2.18. The van der Waals surface area contributed by atoms with E-state index >= 15 is 0 Å². The van der Waals surface area contributed by atoms with Crippen LogP contribution in [0.5, 0.6) is 5.75 Å². The van der Waals surface area contributed by atoms with Crippen molar-refractivity contribution < 1.29 is 31.8 Å². The molecule has 0 fully saturated rings. The fourth-order valence-electron chi connectivity index (χ4n) is 2.26. The SMILES string of the molecule is CCOC(=NS(=O)(=O)c1c(C(=O)OC(C)C)coc1CC)Oc1ccccc1. The zero-order valence-corrected chi connectivity index (χ0v) is 17.0. The number of hydrogen-bond acceptors (Lipinski definition) is 7. The summed E-state index contributed by atoms with van der Waals surface area (Å²) < 4.78 is 50.5. The molecule has 28 heavy (non-hydrogen) atoms. The Bertz CT molecular complexity index is 930. The van der Waals surface area contributed by atoms with Crippen LogP contribution in [0.1, 0.15) is 43.8 Å². The van der Waals surface area contributed by atoms with Gasteiger partial charge >= 0.3 is 12.1 Å². The predicted molar refractivity (Wildman–Crippen MR) is 102 cm³/mol. The molecule has 2 rings (SSSR count). The summed E-state index contributed by atoms with van der Waals surface area (Å²) in [6, 6.07) is 8.48. The van der Waals surface area contributed by atoms with E-state index in [4.69, 9.17) is 18.6 Å². The Balaban J connectivity index is 2.47.